The van der Waals surface area contributed by atoms with Gasteiger partial charge in [0, 0.05) is 89.2 Å². The summed E-state index contributed by atoms with van der Waals surface area (Å²) in [5.41, 5.74) is 25.4. The van der Waals surface area contributed by atoms with Crippen LogP contribution in [0.1, 0.15) is 22.3 Å². The number of benzene rings is 13. The van der Waals surface area contributed by atoms with Crippen molar-refractivity contribution >= 4 is 157 Å². The predicted octanol–water partition coefficient (Wildman–Crippen LogP) is 20.0. The van der Waals surface area contributed by atoms with E-state index in [2.05, 4.69) is 308 Å². The molecule has 0 spiro atoms. The molecule has 0 bridgehead atoms. The van der Waals surface area contributed by atoms with Gasteiger partial charge in [-0.2, -0.15) is 0 Å². The lowest BCUT2D eigenvalue weighted by atomic mass is 9.33. The largest absolute Gasteiger partial charge is 0.455 e. The number of fused-ring (bicyclic) bond motifs is 14. The average Bonchev–Trinajstić information content (AvgIpc) is 1.77. The fourth-order valence-corrected chi connectivity index (χ4v) is 14.3. The highest BCUT2D eigenvalue weighted by Crippen LogP contribution is 2.50. The molecule has 85 heavy (non-hydrogen) atoms. The average molecular weight is 1090 g/mol. The Morgan fingerprint density at radius 3 is 1.02 bits per heavy atom. The molecule has 13 aromatic carbocycles. The van der Waals surface area contributed by atoms with Gasteiger partial charge in [-0.15, -0.1) is 0 Å². The lowest BCUT2D eigenvalue weighted by Crippen LogP contribution is -2.61. The molecule has 2 aliphatic heterocycles. The first-order valence-electron chi connectivity index (χ1n) is 29.3. The van der Waals surface area contributed by atoms with Crippen molar-refractivity contribution in [2.75, 3.05) is 19.6 Å². The number of hydrogen-bond donors (Lipinski definition) is 0. The van der Waals surface area contributed by atoms with Crippen molar-refractivity contribution < 1.29 is 8.83 Å². The summed E-state index contributed by atoms with van der Waals surface area (Å²) in [4.78, 5) is 9.73. The lowest BCUT2D eigenvalue weighted by Gasteiger charge is -2.45. The summed E-state index contributed by atoms with van der Waals surface area (Å²) < 4.78 is 14.6. The zero-order valence-electron chi connectivity index (χ0n) is 47.5. The fraction of sp³-hybridized carbons (Fsp3) is 0.0513. The van der Waals surface area contributed by atoms with Gasteiger partial charge in [0.15, 0.2) is 0 Å². The van der Waals surface area contributed by atoms with E-state index >= 15 is 0 Å². The van der Waals surface area contributed by atoms with E-state index in [0.29, 0.717) is 0 Å². The van der Waals surface area contributed by atoms with E-state index in [0.717, 1.165) is 122 Å². The van der Waals surface area contributed by atoms with Crippen LogP contribution in [-0.4, -0.2) is 6.71 Å². The SMILES string of the molecule is Cc1cccc(C)c1N1c2cc3c(cc2B2c4cc5oc6c7ccc(N(c8ccccc8)c8ccccc8)cc7ccc6c5cc4N(c4c(C)cccc4C)c4cccc1c42)oc1c2ccc(N(c4ccccc4)c4ccccc4)cc2ccc31. The van der Waals surface area contributed by atoms with Gasteiger partial charge in [-0.1, -0.05) is 127 Å². The minimum Gasteiger partial charge on any atom is -0.455 e. The van der Waals surface area contributed by atoms with E-state index in [1.54, 1.807) is 0 Å². The van der Waals surface area contributed by atoms with Crippen molar-refractivity contribution in [2.24, 2.45) is 0 Å². The molecule has 0 aliphatic carbocycles. The third kappa shape index (κ3) is 7.46. The minimum atomic E-state index is -0.185. The molecule has 7 heteroatoms. The molecule has 402 valence electrons. The van der Waals surface area contributed by atoms with Gasteiger partial charge in [0.25, 0.3) is 6.71 Å². The summed E-state index contributed by atoms with van der Waals surface area (Å²) in [6.45, 7) is 8.80. The molecule has 0 amide bonds. The van der Waals surface area contributed by atoms with Crippen LogP contribution in [-0.2, 0) is 0 Å². The predicted molar refractivity (Wildman–Crippen MR) is 358 cm³/mol. The molecule has 0 fully saturated rings. The van der Waals surface area contributed by atoms with Crippen molar-refractivity contribution in [3.05, 3.63) is 283 Å². The van der Waals surface area contributed by atoms with E-state index in [1.807, 2.05) is 0 Å². The van der Waals surface area contributed by atoms with Crippen LogP contribution in [0.5, 0.6) is 0 Å². The molecule has 2 aromatic heterocycles. The maximum atomic E-state index is 7.29. The molecular formula is C78H55BN4O2. The van der Waals surface area contributed by atoms with Crippen LogP contribution in [0.4, 0.5) is 68.2 Å². The Labute approximate surface area is 493 Å². The Kier molecular flexibility index (Phi) is 10.9. The van der Waals surface area contributed by atoms with Gasteiger partial charge in [0.1, 0.15) is 22.3 Å². The monoisotopic (exact) mass is 1090 g/mol. The van der Waals surface area contributed by atoms with Crippen LogP contribution >= 0.6 is 0 Å². The Morgan fingerprint density at radius 2 is 0.647 bits per heavy atom. The third-order valence-electron chi connectivity index (χ3n) is 18.0. The van der Waals surface area contributed by atoms with E-state index in [1.165, 1.54) is 50.0 Å². The second kappa shape index (κ2) is 18.9. The molecule has 2 aliphatic rings. The normalized spacial score (nSPS) is 12.6. The smallest absolute Gasteiger partial charge is 0.252 e. The molecule has 17 rings (SSSR count). The second-order valence-corrected chi connectivity index (χ2v) is 23.0. The number of furan rings is 2. The summed E-state index contributed by atoms with van der Waals surface area (Å²) in [6.07, 6.45) is 0. The summed E-state index contributed by atoms with van der Waals surface area (Å²) in [7, 11) is 0. The third-order valence-corrected chi connectivity index (χ3v) is 18.0. The highest BCUT2D eigenvalue weighted by molar-refractivity contribution is 7.00. The van der Waals surface area contributed by atoms with Crippen LogP contribution in [0, 0.1) is 27.7 Å². The number of anilines is 12. The molecule has 0 saturated heterocycles. The van der Waals surface area contributed by atoms with Gasteiger partial charge in [-0.05, 0) is 211 Å². The Bertz CT molecular complexity index is 4770. The van der Waals surface area contributed by atoms with Crippen molar-refractivity contribution in [1.82, 2.24) is 0 Å². The van der Waals surface area contributed by atoms with Gasteiger partial charge >= 0.3 is 0 Å². The first kappa shape index (κ1) is 48.9. The molecule has 4 heterocycles. The fourth-order valence-electron chi connectivity index (χ4n) is 14.3. The molecule has 0 unspecified atom stereocenters. The van der Waals surface area contributed by atoms with Crippen molar-refractivity contribution in [3.8, 4) is 0 Å². The van der Waals surface area contributed by atoms with Crippen LogP contribution in [0.15, 0.2) is 270 Å². The van der Waals surface area contributed by atoms with Crippen molar-refractivity contribution in [3.63, 3.8) is 0 Å². The molecular weight excluding hydrogens is 1040 g/mol. The van der Waals surface area contributed by atoms with Gasteiger partial charge in [-0.3, -0.25) is 0 Å². The Morgan fingerprint density at radius 1 is 0.294 bits per heavy atom. The number of aryl methyl sites for hydroxylation is 4. The van der Waals surface area contributed by atoms with Gasteiger partial charge < -0.3 is 28.4 Å². The lowest BCUT2D eigenvalue weighted by molar-refractivity contribution is 0.673. The van der Waals surface area contributed by atoms with E-state index in [-0.39, 0.29) is 6.71 Å². The summed E-state index contributed by atoms with van der Waals surface area (Å²) in [5.74, 6) is 0. The molecule has 15 aromatic rings. The van der Waals surface area contributed by atoms with E-state index in [9.17, 15) is 0 Å². The van der Waals surface area contributed by atoms with Crippen LogP contribution < -0.4 is 36.0 Å². The second-order valence-electron chi connectivity index (χ2n) is 23.0. The van der Waals surface area contributed by atoms with Crippen LogP contribution in [0.3, 0.4) is 0 Å². The molecule has 0 saturated carbocycles. The van der Waals surface area contributed by atoms with Crippen molar-refractivity contribution in [1.29, 1.82) is 0 Å². The number of rotatable bonds is 8. The highest BCUT2D eigenvalue weighted by Gasteiger charge is 2.45. The summed E-state index contributed by atoms with van der Waals surface area (Å²) >= 11 is 0. The molecule has 0 radical (unpaired) electrons. The molecule has 0 N–H and O–H groups in total. The number of hydrogen-bond acceptors (Lipinski definition) is 6. The van der Waals surface area contributed by atoms with Crippen LogP contribution in [0.2, 0.25) is 0 Å². The maximum absolute atomic E-state index is 7.29. The zero-order valence-corrected chi connectivity index (χ0v) is 47.5. The molecule has 6 nitrogen and oxygen atoms in total. The summed E-state index contributed by atoms with van der Waals surface area (Å²) in [6, 6.07) is 94.8. The maximum Gasteiger partial charge on any atom is 0.252 e. The highest BCUT2D eigenvalue weighted by atomic mass is 16.3. The van der Waals surface area contributed by atoms with Gasteiger partial charge in [-0.25, -0.2) is 0 Å². The standard InChI is InChI=1S/C78H55BN4O2/c1-48-20-17-21-49(2)75(48)82-68-32-19-33-69-74(68)79(66-46-72-64(44-70(66)82)62-38-34-52-42-58(36-40-60(52)77(62)84-72)80(54-24-9-5-10-25-54)55-26-11-6-12-27-55)67-47-73-65(45-71(67)83(69)76-50(3)22-18-23-51(76)4)63-39-35-53-43-59(37-41-61(53)78(63)85-73)81(56-28-13-7-14-29-56)57-30-15-8-16-31-57/h5-47H,1-4H3. The first-order chi connectivity index (χ1) is 41.8. The van der Waals surface area contributed by atoms with Gasteiger partial charge in [0.05, 0.1) is 11.4 Å². The molecule has 0 atom stereocenters. The van der Waals surface area contributed by atoms with Gasteiger partial charge in [0.2, 0.25) is 0 Å². The Balaban J connectivity index is 0.892. The number of nitrogens with zero attached hydrogens (tertiary/aromatic N) is 4. The van der Waals surface area contributed by atoms with Crippen molar-refractivity contribution in [2.45, 2.75) is 27.7 Å². The number of para-hydroxylation sites is 6. The quantitative estimate of drug-likeness (QED) is 0.141. The summed E-state index contributed by atoms with van der Waals surface area (Å²) in [5, 5.41) is 8.69. The Hall–Kier alpha value is -10.8. The van der Waals surface area contributed by atoms with E-state index in [4.69, 9.17) is 8.83 Å². The zero-order chi connectivity index (χ0) is 56.6. The minimum absolute atomic E-state index is 0.185. The van der Waals surface area contributed by atoms with E-state index < -0.39 is 0 Å². The topological polar surface area (TPSA) is 39.2 Å². The van der Waals surface area contributed by atoms with Crippen LogP contribution in [0.25, 0.3) is 65.4 Å². The first-order valence-corrected chi connectivity index (χ1v) is 29.3.